The lowest BCUT2D eigenvalue weighted by atomic mass is 10.2. The molecule has 2 aromatic rings. The van der Waals surface area contributed by atoms with Crippen LogP contribution in [0.3, 0.4) is 0 Å². The Morgan fingerprint density at radius 3 is 2.24 bits per heavy atom. The second-order valence-corrected chi connectivity index (χ2v) is 6.29. The van der Waals surface area contributed by atoms with Crippen molar-refractivity contribution >= 4 is 17.6 Å². The van der Waals surface area contributed by atoms with Gasteiger partial charge < -0.3 is 14.6 Å². The summed E-state index contributed by atoms with van der Waals surface area (Å²) in [6.45, 7) is 9.35. The normalized spacial score (nSPS) is 12.1. The third kappa shape index (κ3) is 4.26. The second kappa shape index (κ2) is 7.51. The number of hydrogen-bond acceptors (Lipinski definition) is 3. The van der Waals surface area contributed by atoms with Gasteiger partial charge in [-0.15, -0.1) is 0 Å². The van der Waals surface area contributed by atoms with E-state index < -0.39 is 23.8 Å². The summed E-state index contributed by atoms with van der Waals surface area (Å²) in [5.41, 5.74) is 2.66. The predicted molar refractivity (Wildman–Crippen MR) is 94.2 cm³/mol. The molecule has 0 bridgehead atoms. The third-order valence-electron chi connectivity index (χ3n) is 3.99. The van der Waals surface area contributed by atoms with E-state index in [4.69, 9.17) is 4.74 Å². The van der Waals surface area contributed by atoms with E-state index in [2.05, 4.69) is 5.32 Å². The number of aromatic nitrogens is 1. The number of nitrogens with zero attached hydrogens (tertiary/aromatic N) is 1. The molecule has 1 heterocycles. The highest BCUT2D eigenvalue weighted by Crippen LogP contribution is 2.21. The average Bonchev–Trinajstić information content (AvgIpc) is 2.84. The first-order valence-corrected chi connectivity index (χ1v) is 8.16. The Labute approximate surface area is 146 Å². The number of carbonyl (C=O) groups excluding carboxylic acids is 2. The van der Waals surface area contributed by atoms with E-state index in [9.17, 15) is 14.0 Å². The first-order chi connectivity index (χ1) is 11.7. The standard InChI is InChI=1S/C19H23FN2O3/c1-11(2)22-12(3)10-17(13(22)4)19(24)25-14(5)18(23)21-16-8-6-15(20)7-9-16/h6-11,14H,1-5H3,(H,21,23)/t14-/m1/s1. The molecule has 1 N–H and O–H groups in total. The summed E-state index contributed by atoms with van der Waals surface area (Å²) < 4.78 is 20.2. The number of hydrogen-bond donors (Lipinski definition) is 1. The number of esters is 1. The van der Waals surface area contributed by atoms with Crippen LogP contribution in [0.15, 0.2) is 30.3 Å². The molecule has 0 aliphatic carbocycles. The molecule has 25 heavy (non-hydrogen) atoms. The number of halogens is 1. The van der Waals surface area contributed by atoms with Gasteiger partial charge >= 0.3 is 5.97 Å². The maximum Gasteiger partial charge on any atom is 0.340 e. The van der Waals surface area contributed by atoms with Gasteiger partial charge in [-0.2, -0.15) is 0 Å². The lowest BCUT2D eigenvalue weighted by Gasteiger charge is -2.15. The van der Waals surface area contributed by atoms with E-state index >= 15 is 0 Å². The largest absolute Gasteiger partial charge is 0.449 e. The molecule has 1 aromatic heterocycles. The van der Waals surface area contributed by atoms with E-state index in [0.717, 1.165) is 11.4 Å². The highest BCUT2D eigenvalue weighted by Gasteiger charge is 2.23. The number of carbonyl (C=O) groups is 2. The molecule has 1 amide bonds. The van der Waals surface area contributed by atoms with Crippen molar-refractivity contribution in [1.82, 2.24) is 4.57 Å². The number of rotatable bonds is 5. The van der Waals surface area contributed by atoms with Gasteiger partial charge in [0.2, 0.25) is 0 Å². The number of ether oxygens (including phenoxy) is 1. The number of aryl methyl sites for hydroxylation is 1. The molecular formula is C19H23FN2O3. The molecule has 0 aliphatic rings. The van der Waals surface area contributed by atoms with Crippen LogP contribution in [0.25, 0.3) is 0 Å². The highest BCUT2D eigenvalue weighted by atomic mass is 19.1. The van der Waals surface area contributed by atoms with E-state index in [-0.39, 0.29) is 6.04 Å². The summed E-state index contributed by atoms with van der Waals surface area (Å²) in [5, 5.41) is 2.59. The molecule has 0 spiro atoms. The van der Waals surface area contributed by atoms with E-state index in [1.807, 2.05) is 32.3 Å². The first-order valence-electron chi connectivity index (χ1n) is 8.16. The van der Waals surface area contributed by atoms with Crippen LogP contribution in [-0.4, -0.2) is 22.5 Å². The fourth-order valence-corrected chi connectivity index (χ4v) is 2.83. The van der Waals surface area contributed by atoms with Gasteiger partial charge in [0.05, 0.1) is 5.56 Å². The van der Waals surface area contributed by atoms with Crippen molar-refractivity contribution in [2.24, 2.45) is 0 Å². The van der Waals surface area contributed by atoms with Gasteiger partial charge in [-0.3, -0.25) is 4.79 Å². The molecule has 0 saturated heterocycles. The van der Waals surface area contributed by atoms with E-state index in [1.165, 1.54) is 31.2 Å². The number of amides is 1. The Balaban J connectivity index is 2.06. The van der Waals surface area contributed by atoms with Gasteiger partial charge in [-0.25, -0.2) is 9.18 Å². The van der Waals surface area contributed by atoms with E-state index in [0.29, 0.717) is 11.3 Å². The molecule has 1 aromatic carbocycles. The molecule has 134 valence electrons. The molecule has 1 atom stereocenters. The summed E-state index contributed by atoms with van der Waals surface area (Å²) in [4.78, 5) is 24.5. The Bertz CT molecular complexity index is 779. The molecular weight excluding hydrogens is 323 g/mol. The maximum absolute atomic E-state index is 12.9. The minimum Gasteiger partial charge on any atom is -0.449 e. The van der Waals surface area contributed by atoms with Crippen LogP contribution in [0.5, 0.6) is 0 Å². The van der Waals surface area contributed by atoms with Crippen LogP contribution in [0.2, 0.25) is 0 Å². The number of nitrogens with one attached hydrogen (secondary N) is 1. The van der Waals surface area contributed by atoms with Gasteiger partial charge in [0.1, 0.15) is 5.82 Å². The summed E-state index contributed by atoms with van der Waals surface area (Å²) in [5.74, 6) is -1.41. The minimum atomic E-state index is -0.973. The lowest BCUT2D eigenvalue weighted by molar-refractivity contribution is -0.123. The Morgan fingerprint density at radius 2 is 1.72 bits per heavy atom. The first kappa shape index (κ1) is 18.7. The third-order valence-corrected chi connectivity index (χ3v) is 3.99. The van der Waals surface area contributed by atoms with Gasteiger partial charge in [-0.05, 0) is 65.0 Å². The minimum absolute atomic E-state index is 0.223. The van der Waals surface area contributed by atoms with Crippen molar-refractivity contribution in [3.63, 3.8) is 0 Å². The van der Waals surface area contributed by atoms with Gasteiger partial charge in [0, 0.05) is 23.1 Å². The Kier molecular flexibility index (Phi) is 5.62. The monoisotopic (exact) mass is 346 g/mol. The molecule has 2 rings (SSSR count). The second-order valence-electron chi connectivity index (χ2n) is 6.29. The Hall–Kier alpha value is -2.63. The fraction of sp³-hybridized carbons (Fsp3) is 0.368. The summed E-state index contributed by atoms with van der Waals surface area (Å²) in [6.07, 6.45) is -0.973. The van der Waals surface area contributed by atoms with Crippen LogP contribution in [0.1, 0.15) is 48.6 Å². The quantitative estimate of drug-likeness (QED) is 0.832. The molecule has 0 fully saturated rings. The van der Waals surface area contributed by atoms with Crippen LogP contribution < -0.4 is 5.32 Å². The summed E-state index contributed by atoms with van der Waals surface area (Å²) in [7, 11) is 0. The average molecular weight is 346 g/mol. The zero-order chi connectivity index (χ0) is 18.7. The van der Waals surface area contributed by atoms with Crippen molar-refractivity contribution in [1.29, 1.82) is 0 Å². The summed E-state index contributed by atoms with van der Waals surface area (Å²) in [6, 6.07) is 7.36. The van der Waals surface area contributed by atoms with Crippen LogP contribution >= 0.6 is 0 Å². The lowest BCUT2D eigenvalue weighted by Crippen LogP contribution is -2.30. The van der Waals surface area contributed by atoms with Crippen molar-refractivity contribution in [3.05, 3.63) is 53.1 Å². The Morgan fingerprint density at radius 1 is 1.12 bits per heavy atom. The van der Waals surface area contributed by atoms with Crippen molar-refractivity contribution in [2.45, 2.75) is 46.8 Å². The maximum atomic E-state index is 12.9. The molecule has 6 heteroatoms. The highest BCUT2D eigenvalue weighted by molar-refractivity contribution is 5.97. The van der Waals surface area contributed by atoms with Gasteiger partial charge in [0.25, 0.3) is 5.91 Å². The molecule has 0 unspecified atom stereocenters. The van der Waals surface area contributed by atoms with Crippen LogP contribution in [0.4, 0.5) is 10.1 Å². The number of benzene rings is 1. The van der Waals surface area contributed by atoms with Crippen molar-refractivity contribution < 1.29 is 18.7 Å². The van der Waals surface area contributed by atoms with Gasteiger partial charge in [0.15, 0.2) is 6.10 Å². The number of anilines is 1. The topological polar surface area (TPSA) is 60.3 Å². The zero-order valence-corrected chi connectivity index (χ0v) is 15.1. The summed E-state index contributed by atoms with van der Waals surface area (Å²) >= 11 is 0. The SMILES string of the molecule is Cc1cc(C(=O)O[C@H](C)C(=O)Nc2ccc(F)cc2)c(C)n1C(C)C. The van der Waals surface area contributed by atoms with Gasteiger partial charge in [-0.1, -0.05) is 0 Å². The molecule has 0 saturated carbocycles. The predicted octanol–water partition coefficient (Wildman–Crippen LogP) is 4.01. The molecule has 0 radical (unpaired) electrons. The molecule has 0 aliphatic heterocycles. The smallest absolute Gasteiger partial charge is 0.340 e. The van der Waals surface area contributed by atoms with Crippen LogP contribution in [0, 0.1) is 19.7 Å². The van der Waals surface area contributed by atoms with Crippen molar-refractivity contribution in [2.75, 3.05) is 5.32 Å². The zero-order valence-electron chi connectivity index (χ0n) is 15.1. The fourth-order valence-electron chi connectivity index (χ4n) is 2.83. The van der Waals surface area contributed by atoms with Crippen molar-refractivity contribution in [3.8, 4) is 0 Å². The van der Waals surface area contributed by atoms with E-state index in [1.54, 1.807) is 6.07 Å². The van der Waals surface area contributed by atoms with Crippen LogP contribution in [-0.2, 0) is 9.53 Å². The molecule has 5 nitrogen and oxygen atoms in total.